The molecule has 2 aliphatic rings. The Morgan fingerprint density at radius 3 is 2.65 bits per heavy atom. The lowest BCUT2D eigenvalue weighted by Gasteiger charge is -2.49. The number of esters is 2. The first-order chi connectivity index (χ1) is 11.0. The van der Waals surface area contributed by atoms with Crippen molar-refractivity contribution >= 4 is 11.9 Å². The quantitative estimate of drug-likeness (QED) is 0.754. The second-order valence-corrected chi connectivity index (χ2v) is 6.29. The molecule has 0 unspecified atom stereocenters. The number of rotatable bonds is 5. The summed E-state index contributed by atoms with van der Waals surface area (Å²) in [5.74, 6) is -1.04. The number of nitrogens with zero attached hydrogens (tertiary/aromatic N) is 1. The first-order valence-electron chi connectivity index (χ1n) is 7.60. The predicted molar refractivity (Wildman–Crippen MR) is 81.5 cm³/mol. The number of methoxy groups -OCH3 is 1. The van der Waals surface area contributed by atoms with E-state index in [0.717, 1.165) is 5.56 Å². The molecule has 0 N–H and O–H groups in total. The third-order valence-corrected chi connectivity index (χ3v) is 5.14. The number of hydrogen-bond acceptors (Lipinski definition) is 6. The van der Waals surface area contributed by atoms with Crippen LogP contribution in [0.2, 0.25) is 0 Å². The van der Waals surface area contributed by atoms with Gasteiger partial charge in [-0.3, -0.25) is 9.69 Å². The van der Waals surface area contributed by atoms with Gasteiger partial charge in [-0.15, -0.1) is 0 Å². The van der Waals surface area contributed by atoms with E-state index in [1.807, 2.05) is 35.2 Å². The largest absolute Gasteiger partial charge is 0.467 e. The average molecular weight is 319 g/mol. The maximum atomic E-state index is 12.6. The topological polar surface area (TPSA) is 65.1 Å². The smallest absolute Gasteiger partial charge is 0.332 e. The van der Waals surface area contributed by atoms with Crippen LogP contribution in [0.5, 0.6) is 0 Å². The molecule has 2 heterocycles. The molecular formula is C17H21NO5. The Labute approximate surface area is 135 Å². The number of ether oxygens (including phenoxy) is 3. The summed E-state index contributed by atoms with van der Waals surface area (Å²) in [6.45, 7) is 2.72. The summed E-state index contributed by atoms with van der Waals surface area (Å²) in [5, 5.41) is 0. The van der Waals surface area contributed by atoms with Crippen LogP contribution in [0.4, 0.5) is 0 Å². The molecule has 0 spiro atoms. The van der Waals surface area contributed by atoms with Crippen molar-refractivity contribution in [3.63, 3.8) is 0 Å². The van der Waals surface area contributed by atoms with Crippen LogP contribution in [0.1, 0.15) is 12.5 Å². The van der Waals surface area contributed by atoms with E-state index in [9.17, 15) is 9.59 Å². The summed E-state index contributed by atoms with van der Waals surface area (Å²) in [4.78, 5) is 26.1. The Morgan fingerprint density at radius 2 is 2.09 bits per heavy atom. The van der Waals surface area contributed by atoms with Crippen LogP contribution >= 0.6 is 0 Å². The minimum atomic E-state index is -1.12. The van der Waals surface area contributed by atoms with E-state index in [4.69, 9.17) is 14.2 Å². The zero-order chi connectivity index (χ0) is 16.7. The van der Waals surface area contributed by atoms with E-state index in [0.29, 0.717) is 13.2 Å². The van der Waals surface area contributed by atoms with Gasteiger partial charge in [-0.05, 0) is 19.5 Å². The van der Waals surface area contributed by atoms with E-state index < -0.39 is 17.1 Å². The van der Waals surface area contributed by atoms with Gasteiger partial charge in [0.2, 0.25) is 0 Å². The van der Waals surface area contributed by atoms with Gasteiger partial charge in [0.1, 0.15) is 5.92 Å². The van der Waals surface area contributed by atoms with E-state index in [1.165, 1.54) is 7.11 Å². The maximum Gasteiger partial charge on any atom is 0.332 e. The number of likely N-dealkylation sites (N-methyl/N-ethyl adjacent to an activating group) is 1. The molecule has 124 valence electrons. The van der Waals surface area contributed by atoms with Crippen LogP contribution in [-0.4, -0.2) is 55.3 Å². The maximum absolute atomic E-state index is 12.6. The minimum absolute atomic E-state index is 0.103. The van der Waals surface area contributed by atoms with Gasteiger partial charge in [0.25, 0.3) is 0 Å². The fourth-order valence-electron chi connectivity index (χ4n) is 3.68. The van der Waals surface area contributed by atoms with E-state index in [2.05, 4.69) is 0 Å². The Bertz CT molecular complexity index is 619. The Hall–Kier alpha value is -1.92. The molecule has 1 aromatic carbocycles. The zero-order valence-corrected chi connectivity index (χ0v) is 13.6. The standard InChI is InChI=1S/C17H21NO5/c1-16-13(14(19)23-16)9-18(2)17(16,15(20)21-3)11-22-10-12-7-5-4-6-8-12/h4-8,13H,9-11H2,1-3H3/t13-,16+,17-/m0/s1. The summed E-state index contributed by atoms with van der Waals surface area (Å²) in [6.07, 6.45) is 0. The molecule has 3 atom stereocenters. The number of likely N-dealkylation sites (tertiary alicyclic amines) is 1. The molecule has 23 heavy (non-hydrogen) atoms. The van der Waals surface area contributed by atoms with Gasteiger partial charge in [0.05, 0.1) is 20.3 Å². The molecule has 2 saturated heterocycles. The SMILES string of the molecule is COC(=O)[C@]1(COCc2ccccc2)N(C)C[C@H]2C(=O)O[C@]21C. The second kappa shape index (κ2) is 5.62. The van der Waals surface area contributed by atoms with Gasteiger partial charge >= 0.3 is 11.9 Å². The van der Waals surface area contributed by atoms with Crippen molar-refractivity contribution in [2.24, 2.45) is 5.92 Å². The highest BCUT2D eigenvalue weighted by Crippen LogP contribution is 2.52. The molecule has 2 fully saturated rings. The molecule has 0 saturated carbocycles. The molecule has 6 nitrogen and oxygen atoms in total. The third-order valence-electron chi connectivity index (χ3n) is 5.14. The Morgan fingerprint density at radius 1 is 1.39 bits per heavy atom. The summed E-state index contributed by atoms with van der Waals surface area (Å²) >= 11 is 0. The minimum Gasteiger partial charge on any atom is -0.467 e. The molecule has 0 bridgehead atoms. The summed E-state index contributed by atoms with van der Waals surface area (Å²) in [7, 11) is 3.13. The van der Waals surface area contributed by atoms with Gasteiger partial charge in [0.15, 0.2) is 11.1 Å². The van der Waals surface area contributed by atoms with E-state index in [1.54, 1.807) is 14.0 Å². The van der Waals surface area contributed by atoms with Crippen molar-refractivity contribution in [2.75, 3.05) is 27.3 Å². The molecule has 0 aromatic heterocycles. The number of benzene rings is 1. The normalized spacial score (nSPS) is 32.8. The van der Waals surface area contributed by atoms with Gasteiger partial charge in [-0.25, -0.2) is 4.79 Å². The van der Waals surface area contributed by atoms with Crippen LogP contribution in [0.25, 0.3) is 0 Å². The zero-order valence-electron chi connectivity index (χ0n) is 13.6. The molecule has 3 rings (SSSR count). The van der Waals surface area contributed by atoms with Gasteiger partial charge in [0, 0.05) is 6.54 Å². The van der Waals surface area contributed by atoms with Crippen LogP contribution in [0.15, 0.2) is 30.3 Å². The Balaban J connectivity index is 1.81. The number of hydrogen-bond donors (Lipinski definition) is 0. The molecule has 6 heteroatoms. The van der Waals surface area contributed by atoms with Crippen LogP contribution in [-0.2, 0) is 30.4 Å². The molecule has 0 radical (unpaired) electrons. The van der Waals surface area contributed by atoms with Crippen molar-refractivity contribution in [3.8, 4) is 0 Å². The molecule has 1 aromatic rings. The molecule has 0 aliphatic carbocycles. The molecule has 0 amide bonds. The number of fused-ring (bicyclic) bond motifs is 1. The van der Waals surface area contributed by atoms with Crippen LogP contribution in [0.3, 0.4) is 0 Å². The second-order valence-electron chi connectivity index (χ2n) is 6.29. The fourth-order valence-corrected chi connectivity index (χ4v) is 3.68. The van der Waals surface area contributed by atoms with E-state index >= 15 is 0 Å². The van der Waals surface area contributed by atoms with Gasteiger partial charge in [-0.2, -0.15) is 0 Å². The molecular weight excluding hydrogens is 298 g/mol. The van der Waals surface area contributed by atoms with Crippen molar-refractivity contribution in [1.82, 2.24) is 4.90 Å². The van der Waals surface area contributed by atoms with Gasteiger partial charge in [-0.1, -0.05) is 30.3 Å². The first-order valence-corrected chi connectivity index (χ1v) is 7.60. The number of carbonyl (C=O) groups is 2. The summed E-state index contributed by atoms with van der Waals surface area (Å²) in [5.41, 5.74) is -1.02. The van der Waals surface area contributed by atoms with Crippen LogP contribution < -0.4 is 0 Å². The fraction of sp³-hybridized carbons (Fsp3) is 0.529. The van der Waals surface area contributed by atoms with Crippen molar-refractivity contribution in [2.45, 2.75) is 24.7 Å². The monoisotopic (exact) mass is 319 g/mol. The summed E-state index contributed by atoms with van der Waals surface area (Å²) < 4.78 is 16.2. The van der Waals surface area contributed by atoms with Crippen molar-refractivity contribution in [1.29, 1.82) is 0 Å². The summed E-state index contributed by atoms with van der Waals surface area (Å²) in [6, 6.07) is 9.71. The average Bonchev–Trinajstić information content (AvgIpc) is 2.73. The lowest BCUT2D eigenvalue weighted by molar-refractivity contribution is -0.224. The van der Waals surface area contributed by atoms with Crippen molar-refractivity contribution < 1.29 is 23.8 Å². The highest BCUT2D eigenvalue weighted by atomic mass is 16.6. The highest BCUT2D eigenvalue weighted by Gasteiger charge is 2.75. The third kappa shape index (κ3) is 2.16. The number of carbonyl (C=O) groups excluding carboxylic acids is 2. The molecule has 2 aliphatic heterocycles. The van der Waals surface area contributed by atoms with Gasteiger partial charge < -0.3 is 14.2 Å². The van der Waals surface area contributed by atoms with E-state index in [-0.39, 0.29) is 18.5 Å². The Kier molecular flexibility index (Phi) is 3.90. The first kappa shape index (κ1) is 16.0. The lowest BCUT2D eigenvalue weighted by Crippen LogP contribution is -2.71. The van der Waals surface area contributed by atoms with Crippen LogP contribution in [0, 0.1) is 5.92 Å². The predicted octanol–water partition coefficient (Wildman–Crippen LogP) is 0.992. The lowest BCUT2D eigenvalue weighted by atomic mass is 9.73. The highest BCUT2D eigenvalue weighted by molar-refractivity contribution is 5.91. The van der Waals surface area contributed by atoms with Crippen molar-refractivity contribution in [3.05, 3.63) is 35.9 Å².